The van der Waals surface area contributed by atoms with Gasteiger partial charge in [-0.2, -0.15) is 18.3 Å². The fourth-order valence-corrected chi connectivity index (χ4v) is 4.53. The molecule has 1 aromatic carbocycles. The number of piperidine rings is 1. The van der Waals surface area contributed by atoms with Crippen molar-refractivity contribution in [3.8, 4) is 0 Å². The van der Waals surface area contributed by atoms with E-state index in [1.54, 1.807) is 23.9 Å². The molecule has 1 aliphatic rings. The summed E-state index contributed by atoms with van der Waals surface area (Å²) in [5.74, 6) is -0.246. The van der Waals surface area contributed by atoms with E-state index < -0.39 is 11.7 Å². The van der Waals surface area contributed by atoms with E-state index in [4.69, 9.17) is 0 Å². The summed E-state index contributed by atoms with van der Waals surface area (Å²) in [7, 11) is 1.77. The molecule has 1 N–H and O–H groups in total. The van der Waals surface area contributed by atoms with Crippen molar-refractivity contribution in [1.29, 1.82) is 0 Å². The second kappa shape index (κ2) is 7.33. The molecule has 1 aliphatic heterocycles. The highest BCUT2D eigenvalue weighted by Crippen LogP contribution is 2.38. The maximum absolute atomic E-state index is 13.3. The van der Waals surface area contributed by atoms with Gasteiger partial charge in [-0.15, -0.1) is 0 Å². The normalized spacial score (nSPS) is 17.7. The molecule has 0 spiro atoms. The van der Waals surface area contributed by atoms with Crippen LogP contribution in [0.1, 0.15) is 34.6 Å². The third kappa shape index (κ3) is 3.93. The van der Waals surface area contributed by atoms with Crippen LogP contribution >= 0.6 is 11.3 Å². The zero-order valence-corrected chi connectivity index (χ0v) is 16.8. The van der Waals surface area contributed by atoms with Crippen LogP contribution in [0, 0.1) is 6.92 Å². The number of anilines is 1. The number of amides is 1. The number of alkyl halides is 3. The molecule has 1 fully saturated rings. The van der Waals surface area contributed by atoms with E-state index in [1.165, 1.54) is 17.4 Å². The Kier molecular flexibility index (Phi) is 4.97. The number of aromatic nitrogens is 3. The topological polar surface area (TPSA) is 63.1 Å². The fraction of sp³-hybridized carbons (Fsp3) is 0.421. The van der Waals surface area contributed by atoms with Crippen LogP contribution in [0.15, 0.2) is 24.3 Å². The SMILES string of the molecule is Cc1cc(C(=O)NC2CCCN(c3nc4c(C(F)(F)F)cccc4s3)C2)nn1C. The van der Waals surface area contributed by atoms with Crippen LogP contribution in [0.2, 0.25) is 0 Å². The molecule has 0 radical (unpaired) electrons. The number of halogens is 3. The second-order valence-electron chi connectivity index (χ2n) is 7.20. The number of carbonyl (C=O) groups excluding carboxylic acids is 1. The zero-order valence-electron chi connectivity index (χ0n) is 16.0. The highest BCUT2D eigenvalue weighted by atomic mass is 32.1. The first-order valence-corrected chi connectivity index (χ1v) is 10.1. The fourth-order valence-electron chi connectivity index (χ4n) is 3.50. The minimum Gasteiger partial charge on any atom is -0.346 e. The average Bonchev–Trinajstić information content (AvgIpc) is 3.24. The third-order valence-electron chi connectivity index (χ3n) is 5.09. The van der Waals surface area contributed by atoms with Crippen molar-refractivity contribution in [3.05, 3.63) is 41.2 Å². The first-order chi connectivity index (χ1) is 13.7. The molecule has 0 saturated carbocycles. The van der Waals surface area contributed by atoms with Crippen LogP contribution < -0.4 is 10.2 Å². The summed E-state index contributed by atoms with van der Waals surface area (Å²) in [5.41, 5.74) is 0.507. The molecule has 1 amide bonds. The Morgan fingerprint density at radius 1 is 1.34 bits per heavy atom. The summed E-state index contributed by atoms with van der Waals surface area (Å²) in [6, 6.07) is 5.72. The number of carbonyl (C=O) groups is 1. The van der Waals surface area contributed by atoms with Crippen LogP contribution in [-0.2, 0) is 13.2 Å². The van der Waals surface area contributed by atoms with Gasteiger partial charge in [0.1, 0.15) is 5.69 Å². The Labute approximate surface area is 169 Å². The van der Waals surface area contributed by atoms with E-state index in [0.29, 0.717) is 28.6 Å². The standard InChI is InChI=1S/C19H20F3N5OS/c1-11-9-14(25-26(11)2)17(28)23-12-5-4-8-27(10-12)18-24-16-13(19(20,21)22)6-3-7-15(16)29-18/h3,6-7,9,12H,4-5,8,10H2,1-2H3,(H,23,28). The van der Waals surface area contributed by atoms with E-state index in [-0.39, 0.29) is 17.5 Å². The van der Waals surface area contributed by atoms with Crippen molar-refractivity contribution in [2.75, 3.05) is 18.0 Å². The van der Waals surface area contributed by atoms with Gasteiger partial charge in [-0.3, -0.25) is 9.48 Å². The number of thiazole rings is 1. The molecule has 1 atom stereocenters. The number of nitrogens with one attached hydrogen (secondary N) is 1. The molecule has 29 heavy (non-hydrogen) atoms. The van der Waals surface area contributed by atoms with Crippen molar-refractivity contribution < 1.29 is 18.0 Å². The van der Waals surface area contributed by atoms with Crippen LogP contribution in [-0.4, -0.2) is 39.8 Å². The molecule has 0 aliphatic carbocycles. The summed E-state index contributed by atoms with van der Waals surface area (Å²) in [6.45, 7) is 3.06. The highest BCUT2D eigenvalue weighted by molar-refractivity contribution is 7.22. The summed E-state index contributed by atoms with van der Waals surface area (Å²) in [6.07, 6.45) is -2.83. The van der Waals surface area contributed by atoms with Crippen LogP contribution in [0.25, 0.3) is 10.2 Å². The van der Waals surface area contributed by atoms with Gasteiger partial charge in [-0.25, -0.2) is 4.98 Å². The molecule has 3 heterocycles. The molecule has 0 bridgehead atoms. The number of fused-ring (bicyclic) bond motifs is 1. The first kappa shape index (κ1) is 19.7. The van der Waals surface area contributed by atoms with E-state index >= 15 is 0 Å². The zero-order chi connectivity index (χ0) is 20.8. The van der Waals surface area contributed by atoms with E-state index in [1.807, 2.05) is 11.8 Å². The molecule has 10 heteroatoms. The van der Waals surface area contributed by atoms with Gasteiger partial charge >= 0.3 is 6.18 Å². The predicted molar refractivity (Wildman–Crippen MR) is 105 cm³/mol. The maximum Gasteiger partial charge on any atom is 0.418 e. The molecule has 4 rings (SSSR count). The van der Waals surface area contributed by atoms with Gasteiger partial charge in [0.2, 0.25) is 0 Å². The quantitative estimate of drug-likeness (QED) is 0.697. The van der Waals surface area contributed by atoms with Gasteiger partial charge in [-0.1, -0.05) is 17.4 Å². The van der Waals surface area contributed by atoms with Gasteiger partial charge in [0.05, 0.1) is 15.8 Å². The van der Waals surface area contributed by atoms with Gasteiger partial charge in [0.25, 0.3) is 5.91 Å². The average molecular weight is 423 g/mol. The van der Waals surface area contributed by atoms with E-state index in [2.05, 4.69) is 15.4 Å². The predicted octanol–water partition coefficient (Wildman–Crippen LogP) is 3.76. The largest absolute Gasteiger partial charge is 0.418 e. The Morgan fingerprint density at radius 2 is 2.14 bits per heavy atom. The van der Waals surface area contributed by atoms with Gasteiger partial charge in [0.15, 0.2) is 5.13 Å². The van der Waals surface area contributed by atoms with Gasteiger partial charge in [-0.05, 0) is 38.0 Å². The van der Waals surface area contributed by atoms with Crippen molar-refractivity contribution in [3.63, 3.8) is 0 Å². The Morgan fingerprint density at radius 3 is 2.83 bits per heavy atom. The Hall–Kier alpha value is -2.62. The molecule has 2 aromatic heterocycles. The number of hydrogen-bond acceptors (Lipinski definition) is 5. The van der Waals surface area contributed by atoms with Crippen LogP contribution in [0.3, 0.4) is 0 Å². The van der Waals surface area contributed by atoms with E-state index in [0.717, 1.165) is 24.6 Å². The van der Waals surface area contributed by atoms with Crippen LogP contribution in [0.5, 0.6) is 0 Å². The lowest BCUT2D eigenvalue weighted by Crippen LogP contribution is -2.47. The molecule has 1 saturated heterocycles. The summed E-state index contributed by atoms with van der Waals surface area (Å²) in [5, 5.41) is 7.72. The highest BCUT2D eigenvalue weighted by Gasteiger charge is 2.34. The molecule has 154 valence electrons. The smallest absolute Gasteiger partial charge is 0.346 e. The summed E-state index contributed by atoms with van der Waals surface area (Å²) in [4.78, 5) is 18.7. The molecular formula is C19H20F3N5OS. The monoisotopic (exact) mass is 423 g/mol. The maximum atomic E-state index is 13.3. The van der Waals surface area contributed by atoms with Crippen molar-refractivity contribution in [2.45, 2.75) is 32.0 Å². The van der Waals surface area contributed by atoms with E-state index in [9.17, 15) is 18.0 Å². The minimum absolute atomic E-state index is 0.0184. The second-order valence-corrected chi connectivity index (χ2v) is 8.21. The lowest BCUT2D eigenvalue weighted by Gasteiger charge is -2.32. The molecular weight excluding hydrogens is 403 g/mol. The molecule has 1 unspecified atom stereocenters. The molecule has 3 aromatic rings. The van der Waals surface area contributed by atoms with Crippen molar-refractivity contribution in [2.24, 2.45) is 7.05 Å². The van der Waals surface area contributed by atoms with Gasteiger partial charge in [0, 0.05) is 31.9 Å². The lowest BCUT2D eigenvalue weighted by molar-refractivity contribution is -0.136. The number of hydrogen-bond donors (Lipinski definition) is 1. The number of benzene rings is 1. The lowest BCUT2D eigenvalue weighted by atomic mass is 10.1. The van der Waals surface area contributed by atoms with Crippen molar-refractivity contribution >= 4 is 32.6 Å². The molecule has 6 nitrogen and oxygen atoms in total. The van der Waals surface area contributed by atoms with Gasteiger partial charge < -0.3 is 10.2 Å². The number of aryl methyl sites for hydroxylation is 2. The summed E-state index contributed by atoms with van der Waals surface area (Å²) >= 11 is 1.24. The van der Waals surface area contributed by atoms with Crippen molar-refractivity contribution in [1.82, 2.24) is 20.1 Å². The third-order valence-corrected chi connectivity index (χ3v) is 6.17. The number of para-hydroxylation sites is 1. The minimum atomic E-state index is -4.44. The first-order valence-electron chi connectivity index (χ1n) is 9.25. The Bertz CT molecular complexity index is 1040. The number of nitrogens with zero attached hydrogens (tertiary/aromatic N) is 4. The van der Waals surface area contributed by atoms with Crippen LogP contribution in [0.4, 0.5) is 18.3 Å². The Balaban J connectivity index is 1.52. The summed E-state index contributed by atoms with van der Waals surface area (Å²) < 4.78 is 41.9. The number of rotatable bonds is 3.